The summed E-state index contributed by atoms with van der Waals surface area (Å²) in [6.45, 7) is 11.0. The van der Waals surface area contributed by atoms with E-state index in [0.717, 1.165) is 11.6 Å². The fourth-order valence-electron chi connectivity index (χ4n) is 1.75. The third-order valence-corrected chi connectivity index (χ3v) is 2.77. The Bertz CT molecular complexity index is 561. The van der Waals surface area contributed by atoms with Crippen molar-refractivity contribution >= 4 is 0 Å². The van der Waals surface area contributed by atoms with Gasteiger partial charge in [-0.05, 0) is 26.7 Å². The second kappa shape index (κ2) is 6.13. The Kier molecular flexibility index (Phi) is 4.49. The molecule has 0 aliphatic carbocycles. The second-order valence-corrected chi connectivity index (χ2v) is 5.28. The molecule has 7 heteroatoms. The van der Waals surface area contributed by atoms with E-state index in [0.29, 0.717) is 30.8 Å². The van der Waals surface area contributed by atoms with E-state index in [-0.39, 0.29) is 6.10 Å². The summed E-state index contributed by atoms with van der Waals surface area (Å²) in [7, 11) is 0. The summed E-state index contributed by atoms with van der Waals surface area (Å²) < 4.78 is 12.6. The van der Waals surface area contributed by atoms with E-state index in [9.17, 15) is 0 Å². The molecule has 0 saturated carbocycles. The van der Waals surface area contributed by atoms with E-state index in [2.05, 4.69) is 34.1 Å². The highest BCUT2D eigenvalue weighted by atomic mass is 16.5. The van der Waals surface area contributed by atoms with Crippen molar-refractivity contribution in [2.75, 3.05) is 6.61 Å². The van der Waals surface area contributed by atoms with Gasteiger partial charge in [0, 0.05) is 6.61 Å². The van der Waals surface area contributed by atoms with Gasteiger partial charge in [-0.25, -0.2) is 9.67 Å². The summed E-state index contributed by atoms with van der Waals surface area (Å²) in [5, 5.41) is 8.22. The highest BCUT2D eigenvalue weighted by Crippen LogP contribution is 2.15. The maximum Gasteiger partial charge on any atom is 0.248 e. The van der Waals surface area contributed by atoms with Crippen molar-refractivity contribution in [3.05, 3.63) is 23.4 Å². The van der Waals surface area contributed by atoms with Crippen LogP contribution in [-0.4, -0.2) is 31.5 Å². The van der Waals surface area contributed by atoms with E-state index >= 15 is 0 Å². The van der Waals surface area contributed by atoms with Crippen LogP contribution in [0.25, 0.3) is 0 Å². The molecule has 0 N–H and O–H groups in total. The molecule has 0 fully saturated rings. The lowest BCUT2D eigenvalue weighted by Gasteiger charge is -2.10. The van der Waals surface area contributed by atoms with Crippen LogP contribution in [0.5, 0.6) is 0 Å². The largest absolute Gasteiger partial charge is 0.370 e. The van der Waals surface area contributed by atoms with Gasteiger partial charge in [-0.15, -0.1) is 0 Å². The first-order valence-corrected chi connectivity index (χ1v) is 6.78. The van der Waals surface area contributed by atoms with Crippen molar-refractivity contribution in [1.29, 1.82) is 0 Å². The van der Waals surface area contributed by atoms with E-state index in [1.54, 1.807) is 4.68 Å². The van der Waals surface area contributed by atoms with Gasteiger partial charge in [0.2, 0.25) is 5.89 Å². The van der Waals surface area contributed by atoms with Crippen molar-refractivity contribution in [3.63, 3.8) is 0 Å². The number of ether oxygens (including phenoxy) is 1. The number of aryl methyl sites for hydroxylation is 2. The summed E-state index contributed by atoms with van der Waals surface area (Å²) in [4.78, 5) is 8.58. The van der Waals surface area contributed by atoms with Crippen LogP contribution in [-0.2, 0) is 11.3 Å². The van der Waals surface area contributed by atoms with Crippen LogP contribution < -0.4 is 0 Å². The van der Waals surface area contributed by atoms with Crippen molar-refractivity contribution in [1.82, 2.24) is 24.9 Å². The lowest BCUT2D eigenvalue weighted by Crippen LogP contribution is -2.08. The monoisotopic (exact) mass is 279 g/mol. The average molecular weight is 279 g/mol. The highest BCUT2D eigenvalue weighted by molar-refractivity contribution is 4.94. The number of aromatic nitrogens is 5. The summed E-state index contributed by atoms with van der Waals surface area (Å²) >= 11 is 0. The molecular formula is C13H21N5O2. The standard InChI is InChI=1S/C13H21N5O2/c1-8(2)7-19-9(3)13-15-12(20-17-13)6-18-11(5)14-10(4)16-18/h8-9H,6-7H2,1-5H3/t9-/m1/s1. The predicted molar refractivity (Wildman–Crippen MR) is 72.1 cm³/mol. The van der Waals surface area contributed by atoms with Crippen LogP contribution in [0.1, 0.15) is 50.2 Å². The van der Waals surface area contributed by atoms with E-state index in [1.807, 2.05) is 20.8 Å². The van der Waals surface area contributed by atoms with E-state index in [1.165, 1.54) is 0 Å². The fourth-order valence-corrected chi connectivity index (χ4v) is 1.75. The molecule has 20 heavy (non-hydrogen) atoms. The third kappa shape index (κ3) is 3.63. The molecule has 2 heterocycles. The molecule has 2 aromatic heterocycles. The van der Waals surface area contributed by atoms with Crippen LogP contribution >= 0.6 is 0 Å². The van der Waals surface area contributed by atoms with Gasteiger partial charge in [-0.2, -0.15) is 10.1 Å². The van der Waals surface area contributed by atoms with Crippen molar-refractivity contribution in [2.45, 2.75) is 47.3 Å². The summed E-state index contributed by atoms with van der Waals surface area (Å²) in [6.07, 6.45) is -0.173. The van der Waals surface area contributed by atoms with Crippen molar-refractivity contribution < 1.29 is 9.26 Å². The van der Waals surface area contributed by atoms with Gasteiger partial charge in [0.05, 0.1) is 0 Å². The molecule has 2 aromatic rings. The summed E-state index contributed by atoms with van der Waals surface area (Å²) in [6, 6.07) is 0. The first-order chi connectivity index (χ1) is 9.45. The fraction of sp³-hybridized carbons (Fsp3) is 0.692. The Labute approximate surface area is 118 Å². The Morgan fingerprint density at radius 1 is 1.20 bits per heavy atom. The Morgan fingerprint density at radius 3 is 2.55 bits per heavy atom. The first-order valence-electron chi connectivity index (χ1n) is 6.78. The number of nitrogens with zero attached hydrogens (tertiary/aromatic N) is 5. The van der Waals surface area contributed by atoms with Gasteiger partial charge in [0.15, 0.2) is 5.82 Å². The molecule has 0 aromatic carbocycles. The second-order valence-electron chi connectivity index (χ2n) is 5.28. The average Bonchev–Trinajstić information content (AvgIpc) is 2.94. The summed E-state index contributed by atoms with van der Waals surface area (Å²) in [5.41, 5.74) is 0. The van der Waals surface area contributed by atoms with E-state index in [4.69, 9.17) is 9.26 Å². The van der Waals surface area contributed by atoms with Gasteiger partial charge in [-0.3, -0.25) is 0 Å². The number of rotatable bonds is 6. The smallest absolute Gasteiger partial charge is 0.248 e. The lowest BCUT2D eigenvalue weighted by atomic mass is 10.2. The van der Waals surface area contributed by atoms with Crippen LogP contribution in [0.4, 0.5) is 0 Å². The maximum atomic E-state index is 5.66. The Hall–Kier alpha value is -1.76. The zero-order valence-electron chi connectivity index (χ0n) is 12.6. The minimum absolute atomic E-state index is 0.173. The summed E-state index contributed by atoms with van der Waals surface area (Å²) in [5.74, 6) is 3.11. The number of hydrogen-bond donors (Lipinski definition) is 0. The van der Waals surface area contributed by atoms with Crippen LogP contribution in [0.15, 0.2) is 4.52 Å². The topological polar surface area (TPSA) is 78.9 Å². The van der Waals surface area contributed by atoms with Gasteiger partial charge in [-0.1, -0.05) is 19.0 Å². The van der Waals surface area contributed by atoms with Crippen LogP contribution in [0.3, 0.4) is 0 Å². The molecule has 0 spiro atoms. The van der Waals surface area contributed by atoms with Crippen molar-refractivity contribution in [2.24, 2.45) is 5.92 Å². The zero-order valence-corrected chi connectivity index (χ0v) is 12.6. The minimum atomic E-state index is -0.173. The Balaban J connectivity index is 2.00. The molecule has 0 radical (unpaired) electrons. The molecule has 7 nitrogen and oxygen atoms in total. The highest BCUT2D eigenvalue weighted by Gasteiger charge is 2.16. The van der Waals surface area contributed by atoms with Gasteiger partial charge < -0.3 is 9.26 Å². The molecule has 1 atom stereocenters. The van der Waals surface area contributed by atoms with Gasteiger partial charge in [0.1, 0.15) is 24.3 Å². The molecule has 0 aliphatic rings. The predicted octanol–water partition coefficient (Wildman–Crippen LogP) is 2.06. The molecule has 0 bridgehead atoms. The van der Waals surface area contributed by atoms with E-state index < -0.39 is 0 Å². The Morgan fingerprint density at radius 2 is 1.95 bits per heavy atom. The molecule has 110 valence electrons. The van der Waals surface area contributed by atoms with Crippen LogP contribution in [0.2, 0.25) is 0 Å². The van der Waals surface area contributed by atoms with Gasteiger partial charge in [0.25, 0.3) is 0 Å². The number of hydrogen-bond acceptors (Lipinski definition) is 6. The van der Waals surface area contributed by atoms with Crippen molar-refractivity contribution in [3.8, 4) is 0 Å². The SMILES string of the molecule is Cc1nc(C)n(Cc2nc([C@@H](C)OCC(C)C)no2)n1. The molecule has 0 unspecified atom stereocenters. The molecule has 2 rings (SSSR count). The van der Waals surface area contributed by atoms with Gasteiger partial charge >= 0.3 is 0 Å². The first kappa shape index (κ1) is 14.6. The molecular weight excluding hydrogens is 258 g/mol. The third-order valence-electron chi connectivity index (χ3n) is 2.77. The maximum absolute atomic E-state index is 5.66. The molecule has 0 amide bonds. The van der Waals surface area contributed by atoms with Crippen LogP contribution in [0, 0.1) is 19.8 Å². The normalized spacial score (nSPS) is 13.1. The zero-order chi connectivity index (χ0) is 14.7. The molecule has 0 aliphatic heterocycles. The molecule has 0 saturated heterocycles. The minimum Gasteiger partial charge on any atom is -0.370 e. The lowest BCUT2D eigenvalue weighted by molar-refractivity contribution is 0.0402. The quantitative estimate of drug-likeness (QED) is 0.805.